The lowest BCUT2D eigenvalue weighted by molar-refractivity contribution is 0.405. The summed E-state index contributed by atoms with van der Waals surface area (Å²) in [5.41, 5.74) is 10.7. The second kappa shape index (κ2) is 13.8. The summed E-state index contributed by atoms with van der Waals surface area (Å²) < 4.78 is 1.99. The first-order valence-electron chi connectivity index (χ1n) is 14.3. The molecule has 0 aliphatic heterocycles. The molecular weight excluding hydrogens is 506 g/mol. The SMILES string of the molecule is C=C(CC(=C/C(=C)c1cncc(NC(=C)C2CCCCC2)c1)/C(=C\C)NC)Nc1cncc(-n2cnc(C)c2)c1C. The number of imidazole rings is 1. The van der Waals surface area contributed by atoms with Crippen molar-refractivity contribution in [1.29, 1.82) is 0 Å². The van der Waals surface area contributed by atoms with E-state index in [4.69, 9.17) is 0 Å². The molecule has 1 aliphatic carbocycles. The van der Waals surface area contributed by atoms with Crippen LogP contribution in [0.25, 0.3) is 11.3 Å². The third kappa shape index (κ3) is 7.63. The number of hydrogen-bond donors (Lipinski definition) is 3. The number of anilines is 2. The van der Waals surface area contributed by atoms with E-state index >= 15 is 0 Å². The van der Waals surface area contributed by atoms with Crippen molar-refractivity contribution in [3.63, 3.8) is 0 Å². The predicted octanol–water partition coefficient (Wildman–Crippen LogP) is 7.86. The quantitative estimate of drug-likeness (QED) is 0.200. The van der Waals surface area contributed by atoms with Gasteiger partial charge in [-0.1, -0.05) is 45.1 Å². The maximum Gasteiger partial charge on any atom is 0.0995 e. The molecule has 0 amide bonds. The molecule has 7 heteroatoms. The van der Waals surface area contributed by atoms with Gasteiger partial charge in [0.05, 0.1) is 47.7 Å². The normalized spacial score (nSPS) is 14.4. The second-order valence-electron chi connectivity index (χ2n) is 10.8. The molecule has 3 aromatic heterocycles. The number of aryl methyl sites for hydroxylation is 1. The van der Waals surface area contributed by atoms with E-state index in [1.54, 1.807) is 6.33 Å². The molecule has 1 saturated carbocycles. The number of pyridine rings is 2. The van der Waals surface area contributed by atoms with Gasteiger partial charge in [0.2, 0.25) is 0 Å². The summed E-state index contributed by atoms with van der Waals surface area (Å²) in [6.45, 7) is 19.1. The molecule has 7 nitrogen and oxygen atoms in total. The van der Waals surface area contributed by atoms with Crippen molar-refractivity contribution in [2.45, 2.75) is 59.3 Å². The third-order valence-corrected chi connectivity index (χ3v) is 7.66. The summed E-state index contributed by atoms with van der Waals surface area (Å²) in [6.07, 6.45) is 22.2. The molecule has 0 bridgehead atoms. The van der Waals surface area contributed by atoms with Crippen molar-refractivity contribution in [2.24, 2.45) is 5.92 Å². The Morgan fingerprint density at radius 1 is 1.02 bits per heavy atom. The van der Waals surface area contributed by atoms with Gasteiger partial charge in [-0.25, -0.2) is 4.98 Å². The molecule has 41 heavy (non-hydrogen) atoms. The first kappa shape index (κ1) is 29.6. The average Bonchev–Trinajstić information content (AvgIpc) is 3.41. The van der Waals surface area contributed by atoms with Crippen LogP contribution >= 0.6 is 0 Å². The minimum absolute atomic E-state index is 0.525. The van der Waals surface area contributed by atoms with Gasteiger partial charge < -0.3 is 20.5 Å². The van der Waals surface area contributed by atoms with E-state index in [1.807, 2.05) is 56.4 Å². The molecule has 0 spiro atoms. The van der Waals surface area contributed by atoms with Crippen molar-refractivity contribution in [2.75, 3.05) is 17.7 Å². The summed E-state index contributed by atoms with van der Waals surface area (Å²) >= 11 is 0. The number of rotatable bonds is 12. The molecule has 4 rings (SSSR count). The van der Waals surface area contributed by atoms with Gasteiger partial charge in [0.25, 0.3) is 0 Å². The van der Waals surface area contributed by atoms with Gasteiger partial charge in [-0.2, -0.15) is 0 Å². The Kier molecular flexibility index (Phi) is 9.95. The standard InChI is InChI=1S/C34H43N7/c1-8-32(35-7)29(15-24(3)39-33-19-37-20-34(26(33)5)41-21-25(4)38-22-41)14-23(2)30-16-31(18-36-17-30)40-27(6)28-12-10-9-11-13-28/h8,14,16-22,28,35,39-40H,2-3,6,9-13,15H2,1,4-5,7H3/b29-14-,32-8+. The highest BCUT2D eigenvalue weighted by molar-refractivity contribution is 5.75. The topological polar surface area (TPSA) is 79.7 Å². The molecule has 0 saturated heterocycles. The van der Waals surface area contributed by atoms with Crippen molar-refractivity contribution < 1.29 is 0 Å². The molecule has 0 aromatic carbocycles. The van der Waals surface area contributed by atoms with Crippen molar-refractivity contribution in [1.82, 2.24) is 24.8 Å². The summed E-state index contributed by atoms with van der Waals surface area (Å²) in [4.78, 5) is 13.3. The fraction of sp³-hybridized carbons (Fsp3) is 0.324. The minimum Gasteiger partial charge on any atom is -0.388 e. The van der Waals surface area contributed by atoms with Crippen LogP contribution in [0.15, 0.2) is 97.9 Å². The van der Waals surface area contributed by atoms with Crippen LogP contribution in [0, 0.1) is 19.8 Å². The second-order valence-corrected chi connectivity index (χ2v) is 10.8. The maximum atomic E-state index is 4.49. The lowest BCUT2D eigenvalue weighted by atomic mass is 9.87. The van der Waals surface area contributed by atoms with Crippen molar-refractivity contribution >= 4 is 16.9 Å². The Morgan fingerprint density at radius 2 is 1.78 bits per heavy atom. The van der Waals surface area contributed by atoms with Gasteiger partial charge in [0.1, 0.15) is 0 Å². The van der Waals surface area contributed by atoms with E-state index in [2.05, 4.69) is 75.8 Å². The number of aromatic nitrogens is 4. The van der Waals surface area contributed by atoms with Gasteiger partial charge in [0, 0.05) is 48.5 Å². The Bertz CT molecular complexity index is 1470. The molecule has 0 unspecified atom stereocenters. The van der Waals surface area contributed by atoms with Gasteiger partial charge in [-0.15, -0.1) is 0 Å². The molecule has 3 N–H and O–H groups in total. The zero-order chi connectivity index (χ0) is 29.4. The smallest absolute Gasteiger partial charge is 0.0995 e. The van der Waals surface area contributed by atoms with E-state index in [9.17, 15) is 0 Å². The predicted molar refractivity (Wildman–Crippen MR) is 172 cm³/mol. The van der Waals surface area contributed by atoms with E-state index in [0.29, 0.717) is 12.3 Å². The van der Waals surface area contributed by atoms with Crippen LogP contribution in [0.2, 0.25) is 0 Å². The largest absolute Gasteiger partial charge is 0.388 e. The van der Waals surface area contributed by atoms with E-state index in [1.165, 1.54) is 32.1 Å². The Labute approximate surface area is 244 Å². The first-order chi connectivity index (χ1) is 19.8. The average molecular weight is 550 g/mol. The highest BCUT2D eigenvalue weighted by Gasteiger charge is 2.17. The van der Waals surface area contributed by atoms with Crippen molar-refractivity contribution in [3.8, 4) is 5.69 Å². The van der Waals surface area contributed by atoms with Gasteiger partial charge >= 0.3 is 0 Å². The molecule has 3 aromatic rings. The van der Waals surface area contributed by atoms with E-state index < -0.39 is 0 Å². The Morgan fingerprint density at radius 3 is 2.46 bits per heavy atom. The van der Waals surface area contributed by atoms with Crippen LogP contribution in [0.5, 0.6) is 0 Å². The lowest BCUT2D eigenvalue weighted by Gasteiger charge is -2.24. The van der Waals surface area contributed by atoms with Crippen LogP contribution in [0.1, 0.15) is 62.3 Å². The van der Waals surface area contributed by atoms with Crippen LogP contribution in [0.4, 0.5) is 11.4 Å². The molecule has 214 valence electrons. The molecular formula is C34H43N7. The van der Waals surface area contributed by atoms with Crippen LogP contribution < -0.4 is 16.0 Å². The summed E-state index contributed by atoms with van der Waals surface area (Å²) in [7, 11) is 1.93. The van der Waals surface area contributed by atoms with Gasteiger partial charge in [0.15, 0.2) is 0 Å². The van der Waals surface area contributed by atoms with Crippen LogP contribution in [0.3, 0.4) is 0 Å². The fourth-order valence-electron chi connectivity index (χ4n) is 5.35. The number of likely N-dealkylation sites (N-methyl/N-ethyl adjacent to an activating group) is 1. The number of allylic oxidation sites excluding steroid dienone is 6. The van der Waals surface area contributed by atoms with E-state index in [0.717, 1.165) is 62.1 Å². The molecule has 0 radical (unpaired) electrons. The van der Waals surface area contributed by atoms with Gasteiger partial charge in [-0.05, 0) is 68.4 Å². The zero-order valence-electron chi connectivity index (χ0n) is 24.9. The molecule has 0 atom stereocenters. The lowest BCUT2D eigenvalue weighted by Crippen LogP contribution is -2.14. The number of hydrogen-bond acceptors (Lipinski definition) is 6. The highest BCUT2D eigenvalue weighted by Crippen LogP contribution is 2.31. The minimum atomic E-state index is 0.525. The highest BCUT2D eigenvalue weighted by atomic mass is 15.1. The van der Waals surface area contributed by atoms with E-state index in [-0.39, 0.29) is 0 Å². The number of nitrogens with one attached hydrogen (secondary N) is 3. The maximum absolute atomic E-state index is 4.49. The Balaban J connectivity index is 1.50. The molecule has 1 aliphatic rings. The summed E-state index contributed by atoms with van der Waals surface area (Å²) in [5, 5.41) is 10.3. The van der Waals surface area contributed by atoms with Gasteiger partial charge in [-0.3, -0.25) is 9.97 Å². The fourth-order valence-corrected chi connectivity index (χ4v) is 5.35. The zero-order valence-corrected chi connectivity index (χ0v) is 24.9. The monoisotopic (exact) mass is 549 g/mol. The number of nitrogens with zero attached hydrogens (tertiary/aromatic N) is 4. The molecule has 1 fully saturated rings. The molecule has 3 heterocycles. The Hall–Kier alpha value is -4.39. The van der Waals surface area contributed by atoms with Crippen LogP contribution in [-0.4, -0.2) is 26.6 Å². The van der Waals surface area contributed by atoms with Crippen molar-refractivity contribution in [3.05, 3.63) is 115 Å². The van der Waals surface area contributed by atoms with Crippen LogP contribution in [-0.2, 0) is 0 Å². The third-order valence-electron chi connectivity index (χ3n) is 7.66. The first-order valence-corrected chi connectivity index (χ1v) is 14.3. The summed E-state index contributed by atoms with van der Waals surface area (Å²) in [5.74, 6) is 0.525. The summed E-state index contributed by atoms with van der Waals surface area (Å²) in [6, 6.07) is 2.09.